The molecule has 0 radical (unpaired) electrons. The first kappa shape index (κ1) is 15.0. The van der Waals surface area contributed by atoms with Gasteiger partial charge in [0.15, 0.2) is 11.0 Å². The summed E-state index contributed by atoms with van der Waals surface area (Å²) in [6, 6.07) is 5.75. The molecule has 1 amide bonds. The maximum absolute atomic E-state index is 12.1. The molecule has 2 aliphatic rings. The molecule has 6 nitrogen and oxygen atoms in total. The lowest BCUT2D eigenvalue weighted by Gasteiger charge is -2.20. The highest BCUT2D eigenvalue weighted by Gasteiger charge is 2.32. The molecule has 1 aromatic rings. The van der Waals surface area contributed by atoms with Gasteiger partial charge in [0.1, 0.15) is 0 Å². The van der Waals surface area contributed by atoms with Gasteiger partial charge in [0.05, 0.1) is 16.8 Å². The minimum absolute atomic E-state index is 0.0454. The molecule has 1 aromatic carbocycles. The molecule has 0 saturated carbocycles. The fourth-order valence-electron chi connectivity index (χ4n) is 2.08. The number of hydrogen-bond donors (Lipinski definition) is 1. The lowest BCUT2D eigenvalue weighted by molar-refractivity contribution is -0.114. The highest BCUT2D eigenvalue weighted by atomic mass is 79.9. The zero-order valence-corrected chi connectivity index (χ0v) is 14.3. The van der Waals surface area contributed by atoms with Crippen LogP contribution in [0.2, 0.25) is 0 Å². The molecule has 0 bridgehead atoms. The number of hydrazone groups is 1. The molecule has 112 valence electrons. The predicted octanol–water partition coefficient (Wildman–Crippen LogP) is 2.76. The summed E-state index contributed by atoms with van der Waals surface area (Å²) in [5, 5.41) is 13.9. The number of amides is 1. The van der Waals surface area contributed by atoms with Gasteiger partial charge in [0.25, 0.3) is 5.91 Å². The molecule has 0 aliphatic carbocycles. The van der Waals surface area contributed by atoms with Crippen molar-refractivity contribution >= 4 is 61.9 Å². The van der Waals surface area contributed by atoms with Crippen molar-refractivity contribution in [1.82, 2.24) is 5.01 Å². The summed E-state index contributed by atoms with van der Waals surface area (Å²) in [5.74, 6) is -0.369. The third-order valence-corrected chi connectivity index (χ3v) is 4.47. The van der Waals surface area contributed by atoms with Crippen molar-refractivity contribution in [3.63, 3.8) is 0 Å². The van der Waals surface area contributed by atoms with Crippen LogP contribution in [0.1, 0.15) is 5.56 Å². The molecule has 22 heavy (non-hydrogen) atoms. The molecule has 0 spiro atoms. The SMILES string of the molecule is CN(C)c1ccc(C=C2C(=N)N3N=CSC3=NC2=O)cc1Br. The van der Waals surface area contributed by atoms with E-state index in [4.69, 9.17) is 5.41 Å². The van der Waals surface area contributed by atoms with Crippen LogP contribution in [0.4, 0.5) is 5.69 Å². The summed E-state index contributed by atoms with van der Waals surface area (Å²) >= 11 is 4.75. The fraction of sp³-hybridized carbons (Fsp3) is 0.143. The number of hydrogen-bond acceptors (Lipinski definition) is 5. The number of fused-ring (bicyclic) bond motifs is 1. The Hall–Kier alpha value is -1.93. The first-order chi connectivity index (χ1) is 10.5. The highest BCUT2D eigenvalue weighted by molar-refractivity contribution is 9.10. The Labute approximate surface area is 140 Å². The zero-order chi connectivity index (χ0) is 15.9. The van der Waals surface area contributed by atoms with Crippen molar-refractivity contribution in [3.05, 3.63) is 33.8 Å². The number of aliphatic imine (C=N–C) groups is 1. The van der Waals surface area contributed by atoms with Crippen molar-refractivity contribution in [2.24, 2.45) is 10.1 Å². The Morgan fingerprint density at radius 1 is 1.41 bits per heavy atom. The Kier molecular flexibility index (Phi) is 3.88. The molecule has 2 aliphatic heterocycles. The molecule has 0 atom stereocenters. The number of benzene rings is 1. The van der Waals surface area contributed by atoms with E-state index in [0.717, 1.165) is 15.7 Å². The van der Waals surface area contributed by atoms with Crippen LogP contribution in [-0.4, -0.2) is 41.6 Å². The summed E-state index contributed by atoms with van der Waals surface area (Å²) in [6.07, 6.45) is 1.66. The van der Waals surface area contributed by atoms with E-state index in [2.05, 4.69) is 26.0 Å². The van der Waals surface area contributed by atoms with Gasteiger partial charge in [-0.15, -0.1) is 0 Å². The third kappa shape index (κ3) is 2.59. The van der Waals surface area contributed by atoms with Crippen molar-refractivity contribution < 1.29 is 4.79 Å². The van der Waals surface area contributed by atoms with Gasteiger partial charge in [-0.25, -0.2) is 0 Å². The van der Waals surface area contributed by atoms with Gasteiger partial charge in [-0.3, -0.25) is 10.2 Å². The number of nitrogens with one attached hydrogen (secondary N) is 1. The molecular weight excluding hydrogens is 366 g/mol. The van der Waals surface area contributed by atoms with Crippen molar-refractivity contribution in [3.8, 4) is 0 Å². The highest BCUT2D eigenvalue weighted by Crippen LogP contribution is 2.28. The van der Waals surface area contributed by atoms with Crippen LogP contribution < -0.4 is 4.90 Å². The summed E-state index contributed by atoms with van der Waals surface area (Å²) in [6.45, 7) is 0. The molecule has 0 aromatic heterocycles. The van der Waals surface area contributed by atoms with E-state index in [1.165, 1.54) is 16.8 Å². The van der Waals surface area contributed by atoms with Gasteiger partial charge in [0, 0.05) is 18.6 Å². The Balaban J connectivity index is 1.98. The van der Waals surface area contributed by atoms with Crippen LogP contribution in [0.15, 0.2) is 38.3 Å². The van der Waals surface area contributed by atoms with Crippen molar-refractivity contribution in [2.75, 3.05) is 19.0 Å². The molecular formula is C14H12BrN5OS. The second-order valence-electron chi connectivity index (χ2n) is 4.86. The second-order valence-corrected chi connectivity index (χ2v) is 6.53. The van der Waals surface area contributed by atoms with E-state index in [0.29, 0.717) is 5.17 Å². The zero-order valence-electron chi connectivity index (χ0n) is 11.9. The largest absolute Gasteiger partial charge is 0.377 e. The number of carbonyl (C=O) groups excluding carboxylic acids is 1. The van der Waals surface area contributed by atoms with Crippen LogP contribution >= 0.6 is 27.7 Å². The van der Waals surface area contributed by atoms with Crippen LogP contribution in [-0.2, 0) is 4.79 Å². The number of amidine groups is 2. The Bertz CT molecular complexity index is 768. The van der Waals surface area contributed by atoms with Crippen LogP contribution in [0.3, 0.4) is 0 Å². The molecule has 1 N–H and O–H groups in total. The maximum Gasteiger partial charge on any atom is 0.283 e. The predicted molar refractivity (Wildman–Crippen MR) is 94.5 cm³/mol. The van der Waals surface area contributed by atoms with Crippen molar-refractivity contribution in [1.29, 1.82) is 5.41 Å². The Morgan fingerprint density at radius 2 is 2.18 bits per heavy atom. The fourth-order valence-corrected chi connectivity index (χ4v) is 3.44. The van der Waals surface area contributed by atoms with E-state index < -0.39 is 5.91 Å². The van der Waals surface area contributed by atoms with Gasteiger partial charge in [0.2, 0.25) is 0 Å². The number of rotatable bonds is 2. The average molecular weight is 378 g/mol. The second kappa shape index (κ2) is 5.69. The van der Waals surface area contributed by atoms with Gasteiger partial charge >= 0.3 is 0 Å². The first-order valence-corrected chi connectivity index (χ1v) is 8.04. The summed E-state index contributed by atoms with van der Waals surface area (Å²) in [4.78, 5) is 18.0. The van der Waals surface area contributed by atoms with Crippen LogP contribution in [0.5, 0.6) is 0 Å². The summed E-state index contributed by atoms with van der Waals surface area (Å²) < 4.78 is 0.917. The van der Waals surface area contributed by atoms with E-state index in [1.54, 1.807) is 11.6 Å². The lowest BCUT2D eigenvalue weighted by atomic mass is 10.1. The minimum Gasteiger partial charge on any atom is -0.377 e. The van der Waals surface area contributed by atoms with E-state index in [9.17, 15) is 4.79 Å². The number of thioether (sulfide) groups is 1. The molecule has 3 rings (SSSR count). The van der Waals surface area contributed by atoms with E-state index in [-0.39, 0.29) is 11.4 Å². The molecule has 0 fully saturated rings. The topological polar surface area (TPSA) is 72.1 Å². The van der Waals surface area contributed by atoms with Crippen LogP contribution in [0.25, 0.3) is 6.08 Å². The standard InChI is InChI=1S/C14H12BrN5OS/c1-19(2)11-4-3-8(6-10(11)15)5-9-12(16)20-14(18-13(9)21)22-7-17-20/h3-7,16H,1-2H3. The normalized spacial score (nSPS) is 18.8. The van der Waals surface area contributed by atoms with E-state index >= 15 is 0 Å². The summed E-state index contributed by atoms with van der Waals surface area (Å²) in [5.41, 5.74) is 3.65. The molecule has 0 saturated heterocycles. The van der Waals surface area contributed by atoms with Crippen molar-refractivity contribution in [2.45, 2.75) is 0 Å². The Morgan fingerprint density at radius 3 is 2.86 bits per heavy atom. The first-order valence-electron chi connectivity index (χ1n) is 6.37. The number of nitrogens with zero attached hydrogens (tertiary/aromatic N) is 4. The lowest BCUT2D eigenvalue weighted by Crippen LogP contribution is -2.35. The smallest absolute Gasteiger partial charge is 0.283 e. The number of halogens is 1. The quantitative estimate of drug-likeness (QED) is 0.804. The summed E-state index contributed by atoms with van der Waals surface area (Å²) in [7, 11) is 3.91. The van der Waals surface area contributed by atoms with Gasteiger partial charge in [-0.1, -0.05) is 6.07 Å². The monoisotopic (exact) mass is 377 g/mol. The molecule has 2 heterocycles. The number of anilines is 1. The van der Waals surface area contributed by atoms with Gasteiger partial charge in [-0.05, 0) is 51.5 Å². The van der Waals surface area contributed by atoms with Gasteiger partial charge in [-0.2, -0.15) is 15.1 Å². The number of carbonyl (C=O) groups is 1. The minimum atomic E-state index is -0.415. The van der Waals surface area contributed by atoms with E-state index in [1.807, 2.05) is 37.2 Å². The average Bonchev–Trinajstić information content (AvgIpc) is 2.91. The van der Waals surface area contributed by atoms with Gasteiger partial charge < -0.3 is 4.90 Å². The molecule has 0 unspecified atom stereocenters. The van der Waals surface area contributed by atoms with Crippen LogP contribution in [0, 0.1) is 5.41 Å². The third-order valence-electron chi connectivity index (χ3n) is 3.16. The molecule has 8 heteroatoms. The maximum atomic E-state index is 12.1.